The van der Waals surface area contributed by atoms with Gasteiger partial charge in [0.25, 0.3) is 0 Å². The maximum atomic E-state index is 11.6. The van der Waals surface area contributed by atoms with Gasteiger partial charge in [0.15, 0.2) is 5.78 Å². The zero-order chi connectivity index (χ0) is 10.6. The molecule has 0 aliphatic rings. The zero-order valence-corrected chi connectivity index (χ0v) is 11.5. The molecule has 0 N–H and O–H groups in total. The molecule has 0 amide bonds. The highest BCUT2D eigenvalue weighted by Gasteiger charge is 2.07. The Morgan fingerprint density at radius 2 is 2.29 bits per heavy atom. The number of thiophene rings is 1. The molecule has 1 aromatic rings. The minimum atomic E-state index is 0.296. The van der Waals surface area contributed by atoms with Crippen molar-refractivity contribution in [3.63, 3.8) is 0 Å². The number of hydrogen-bond donors (Lipinski definition) is 0. The predicted octanol–water partition coefficient (Wildman–Crippen LogP) is 4.36. The molecular formula is C11H15IOS. The molecule has 1 heterocycles. The van der Waals surface area contributed by atoms with Crippen molar-refractivity contribution in [1.82, 2.24) is 0 Å². The Kier molecular flexibility index (Phi) is 5.09. The van der Waals surface area contributed by atoms with E-state index in [1.807, 2.05) is 11.4 Å². The van der Waals surface area contributed by atoms with E-state index in [1.54, 1.807) is 11.3 Å². The second kappa shape index (κ2) is 5.85. The maximum absolute atomic E-state index is 11.6. The topological polar surface area (TPSA) is 17.1 Å². The van der Waals surface area contributed by atoms with Gasteiger partial charge in [0.2, 0.25) is 0 Å². The van der Waals surface area contributed by atoms with Crippen molar-refractivity contribution in [1.29, 1.82) is 0 Å². The summed E-state index contributed by atoms with van der Waals surface area (Å²) < 4.78 is 1.19. The van der Waals surface area contributed by atoms with Gasteiger partial charge in [-0.25, -0.2) is 0 Å². The number of carbonyl (C=O) groups excluding carboxylic acids is 1. The molecule has 0 saturated carbocycles. The van der Waals surface area contributed by atoms with Gasteiger partial charge < -0.3 is 0 Å². The lowest BCUT2D eigenvalue weighted by atomic mass is 10.0. The summed E-state index contributed by atoms with van der Waals surface area (Å²) in [5, 5.41) is 1.96. The molecule has 0 unspecified atom stereocenters. The fourth-order valence-electron chi connectivity index (χ4n) is 1.27. The first-order valence-corrected chi connectivity index (χ1v) is 6.82. The summed E-state index contributed by atoms with van der Waals surface area (Å²) in [4.78, 5) is 11.6. The van der Waals surface area contributed by atoms with E-state index >= 15 is 0 Å². The number of Topliss-reactive ketones (excluding diaryl/α,β-unsaturated/α-hetero) is 1. The molecule has 0 saturated heterocycles. The summed E-state index contributed by atoms with van der Waals surface area (Å²) in [6.07, 6.45) is 2.86. The van der Waals surface area contributed by atoms with Crippen LogP contribution in [-0.4, -0.2) is 5.78 Å². The SMILES string of the molecule is CC(C)CCCC(=O)c1csc(I)c1. The number of carbonyl (C=O) groups is 1. The summed E-state index contributed by atoms with van der Waals surface area (Å²) in [5.74, 6) is 0.996. The Balaban J connectivity index is 2.36. The average Bonchev–Trinajstić information content (AvgIpc) is 2.51. The third-order valence-corrected chi connectivity index (χ3v) is 3.86. The van der Waals surface area contributed by atoms with Crippen molar-refractivity contribution in [3.8, 4) is 0 Å². The van der Waals surface area contributed by atoms with Crippen LogP contribution in [0.2, 0.25) is 0 Å². The van der Waals surface area contributed by atoms with E-state index in [0.29, 0.717) is 18.1 Å². The summed E-state index contributed by atoms with van der Waals surface area (Å²) in [5.41, 5.74) is 0.892. The van der Waals surface area contributed by atoms with Crippen molar-refractivity contribution in [2.24, 2.45) is 5.92 Å². The van der Waals surface area contributed by atoms with E-state index in [1.165, 1.54) is 2.88 Å². The van der Waals surface area contributed by atoms with E-state index in [9.17, 15) is 4.79 Å². The van der Waals surface area contributed by atoms with E-state index < -0.39 is 0 Å². The van der Waals surface area contributed by atoms with Crippen LogP contribution in [-0.2, 0) is 0 Å². The highest BCUT2D eigenvalue weighted by molar-refractivity contribution is 14.1. The molecule has 1 aromatic heterocycles. The van der Waals surface area contributed by atoms with Crippen molar-refractivity contribution < 1.29 is 4.79 Å². The third-order valence-electron chi connectivity index (χ3n) is 2.07. The van der Waals surface area contributed by atoms with E-state index in [-0.39, 0.29) is 0 Å². The summed E-state index contributed by atoms with van der Waals surface area (Å²) in [6.45, 7) is 4.38. The Morgan fingerprint density at radius 1 is 1.57 bits per heavy atom. The van der Waals surface area contributed by atoms with Gasteiger partial charge in [-0.05, 0) is 41.0 Å². The number of rotatable bonds is 5. The van der Waals surface area contributed by atoms with Crippen LogP contribution < -0.4 is 0 Å². The van der Waals surface area contributed by atoms with Gasteiger partial charge in [-0.2, -0.15) is 0 Å². The maximum Gasteiger partial charge on any atom is 0.163 e. The summed E-state index contributed by atoms with van der Waals surface area (Å²) in [6, 6.07) is 1.98. The highest BCUT2D eigenvalue weighted by atomic mass is 127. The van der Waals surface area contributed by atoms with Crippen LogP contribution in [0.15, 0.2) is 11.4 Å². The lowest BCUT2D eigenvalue weighted by molar-refractivity contribution is 0.0978. The quantitative estimate of drug-likeness (QED) is 0.581. The molecule has 14 heavy (non-hydrogen) atoms. The predicted molar refractivity (Wildman–Crippen MR) is 70.1 cm³/mol. The van der Waals surface area contributed by atoms with Gasteiger partial charge in [-0.1, -0.05) is 20.3 Å². The fraction of sp³-hybridized carbons (Fsp3) is 0.545. The first kappa shape index (κ1) is 12.2. The monoisotopic (exact) mass is 322 g/mol. The van der Waals surface area contributed by atoms with Crippen LogP contribution in [0.25, 0.3) is 0 Å². The molecule has 0 aliphatic heterocycles. The lowest BCUT2D eigenvalue weighted by Crippen LogP contribution is -1.98. The smallest absolute Gasteiger partial charge is 0.163 e. The van der Waals surface area contributed by atoms with Crippen LogP contribution in [0, 0.1) is 8.80 Å². The molecule has 0 bridgehead atoms. The summed E-state index contributed by atoms with van der Waals surface area (Å²) in [7, 11) is 0. The average molecular weight is 322 g/mol. The van der Waals surface area contributed by atoms with E-state index in [4.69, 9.17) is 0 Å². The molecule has 0 atom stereocenters. The Labute approximate surface area is 103 Å². The second-order valence-electron chi connectivity index (χ2n) is 3.85. The van der Waals surface area contributed by atoms with Gasteiger partial charge in [-0.3, -0.25) is 4.79 Å². The molecule has 0 spiro atoms. The summed E-state index contributed by atoms with van der Waals surface area (Å²) >= 11 is 3.89. The van der Waals surface area contributed by atoms with Crippen LogP contribution in [0.4, 0.5) is 0 Å². The third kappa shape index (κ3) is 4.09. The minimum absolute atomic E-state index is 0.296. The largest absolute Gasteiger partial charge is 0.294 e. The lowest BCUT2D eigenvalue weighted by Gasteiger charge is -2.02. The van der Waals surface area contributed by atoms with Crippen molar-refractivity contribution in [2.45, 2.75) is 33.1 Å². The van der Waals surface area contributed by atoms with Crippen LogP contribution in [0.1, 0.15) is 43.5 Å². The van der Waals surface area contributed by atoms with Gasteiger partial charge in [0.1, 0.15) is 0 Å². The standard InChI is InChI=1S/C11H15IOS/c1-8(2)4-3-5-10(13)9-6-11(12)14-7-9/h6-8H,3-5H2,1-2H3. The van der Waals surface area contributed by atoms with E-state index in [0.717, 1.165) is 18.4 Å². The highest BCUT2D eigenvalue weighted by Crippen LogP contribution is 2.19. The van der Waals surface area contributed by atoms with Gasteiger partial charge in [0, 0.05) is 17.4 Å². The Hall–Kier alpha value is 0.1000. The number of halogens is 1. The fourth-order valence-corrected chi connectivity index (χ4v) is 2.62. The Morgan fingerprint density at radius 3 is 2.79 bits per heavy atom. The first-order valence-electron chi connectivity index (χ1n) is 4.87. The molecule has 1 nitrogen and oxygen atoms in total. The number of ketones is 1. The second-order valence-corrected chi connectivity index (χ2v) is 6.65. The zero-order valence-electron chi connectivity index (χ0n) is 8.55. The normalized spacial score (nSPS) is 10.9. The molecule has 0 fully saturated rings. The molecule has 0 aliphatic carbocycles. The van der Waals surface area contributed by atoms with Crippen LogP contribution in [0.3, 0.4) is 0 Å². The number of hydrogen-bond acceptors (Lipinski definition) is 2. The van der Waals surface area contributed by atoms with Crippen molar-refractivity contribution in [2.75, 3.05) is 0 Å². The Bertz CT molecular complexity index is 304. The van der Waals surface area contributed by atoms with Crippen molar-refractivity contribution >= 4 is 39.7 Å². The van der Waals surface area contributed by atoms with Crippen LogP contribution in [0.5, 0.6) is 0 Å². The molecule has 0 radical (unpaired) electrons. The van der Waals surface area contributed by atoms with E-state index in [2.05, 4.69) is 36.4 Å². The molecule has 1 rings (SSSR count). The van der Waals surface area contributed by atoms with Crippen molar-refractivity contribution in [3.05, 3.63) is 19.9 Å². The first-order chi connectivity index (χ1) is 6.59. The minimum Gasteiger partial charge on any atom is -0.294 e. The van der Waals surface area contributed by atoms with Gasteiger partial charge in [0.05, 0.1) is 2.88 Å². The van der Waals surface area contributed by atoms with Crippen LogP contribution >= 0.6 is 33.9 Å². The van der Waals surface area contributed by atoms with Gasteiger partial charge in [-0.15, -0.1) is 11.3 Å². The molecule has 3 heteroatoms. The van der Waals surface area contributed by atoms with Gasteiger partial charge >= 0.3 is 0 Å². The molecular weight excluding hydrogens is 307 g/mol. The molecule has 0 aromatic carbocycles. The molecule has 78 valence electrons.